The van der Waals surface area contributed by atoms with E-state index in [1.165, 1.54) is 38.6 Å². The summed E-state index contributed by atoms with van der Waals surface area (Å²) in [5.41, 5.74) is 6.44. The lowest BCUT2D eigenvalue weighted by Crippen LogP contribution is -1.85. The fourth-order valence-electron chi connectivity index (χ4n) is 3.23. The van der Waals surface area contributed by atoms with E-state index in [4.69, 9.17) is 0 Å². The minimum absolute atomic E-state index is 1.27. The second-order valence-corrected chi connectivity index (χ2v) is 5.92. The van der Waals surface area contributed by atoms with E-state index in [2.05, 4.69) is 97.9 Å². The molecule has 0 unspecified atom stereocenters. The van der Waals surface area contributed by atoms with Crippen LogP contribution in [0.1, 0.15) is 5.56 Å². The molecule has 0 N–H and O–H groups in total. The molecule has 0 spiro atoms. The normalized spacial score (nSPS) is 10.8. The van der Waals surface area contributed by atoms with Gasteiger partial charge in [0, 0.05) is 0 Å². The zero-order valence-electron chi connectivity index (χ0n) is 13.2. The lowest BCUT2D eigenvalue weighted by molar-refractivity contribution is 1.46. The van der Waals surface area contributed by atoms with Crippen molar-refractivity contribution in [3.05, 3.63) is 96.6 Å². The molecule has 0 aromatic heterocycles. The van der Waals surface area contributed by atoms with Gasteiger partial charge in [0.25, 0.3) is 0 Å². The molecule has 110 valence electrons. The highest BCUT2D eigenvalue weighted by atomic mass is 14.1. The highest BCUT2D eigenvalue weighted by Crippen LogP contribution is 2.32. The van der Waals surface area contributed by atoms with Crippen molar-refractivity contribution in [2.75, 3.05) is 0 Å². The van der Waals surface area contributed by atoms with E-state index in [0.29, 0.717) is 0 Å². The predicted molar refractivity (Wildman–Crippen MR) is 99.6 cm³/mol. The van der Waals surface area contributed by atoms with Crippen LogP contribution in [-0.2, 0) is 0 Å². The van der Waals surface area contributed by atoms with Crippen molar-refractivity contribution in [2.24, 2.45) is 0 Å². The summed E-state index contributed by atoms with van der Waals surface area (Å²) in [5.74, 6) is 0. The summed E-state index contributed by atoms with van der Waals surface area (Å²) in [7, 11) is 0. The summed E-state index contributed by atoms with van der Waals surface area (Å²) in [4.78, 5) is 0. The molecular weight excluding hydrogens is 276 g/mol. The monoisotopic (exact) mass is 294 g/mol. The summed E-state index contributed by atoms with van der Waals surface area (Å²) >= 11 is 0. The Kier molecular flexibility index (Phi) is 3.44. The van der Waals surface area contributed by atoms with Crippen LogP contribution in [0.3, 0.4) is 0 Å². The van der Waals surface area contributed by atoms with Gasteiger partial charge in [0.05, 0.1) is 0 Å². The van der Waals surface area contributed by atoms with Crippen LogP contribution in [0.4, 0.5) is 0 Å². The second-order valence-electron chi connectivity index (χ2n) is 5.92. The molecule has 0 heteroatoms. The number of hydrogen-bond donors (Lipinski definition) is 0. The maximum absolute atomic E-state index is 2.30. The molecule has 0 bridgehead atoms. The van der Waals surface area contributed by atoms with E-state index >= 15 is 0 Å². The molecule has 4 aromatic carbocycles. The van der Waals surface area contributed by atoms with E-state index in [1.54, 1.807) is 0 Å². The van der Waals surface area contributed by atoms with Crippen molar-refractivity contribution in [1.29, 1.82) is 0 Å². The first-order valence-corrected chi connectivity index (χ1v) is 7.97. The average Bonchev–Trinajstić information content (AvgIpc) is 2.62. The SMILES string of the molecule is Cc1ccccc1-c1cccc(-c2cccc3ccccc23)c1. The largest absolute Gasteiger partial charge is 0.0620 e. The summed E-state index contributed by atoms with van der Waals surface area (Å²) in [5, 5.41) is 2.59. The maximum atomic E-state index is 2.30. The Balaban J connectivity index is 1.90. The molecule has 0 nitrogen and oxygen atoms in total. The Hall–Kier alpha value is -2.86. The molecule has 23 heavy (non-hydrogen) atoms. The van der Waals surface area contributed by atoms with Gasteiger partial charge < -0.3 is 0 Å². The summed E-state index contributed by atoms with van der Waals surface area (Å²) in [6.45, 7) is 2.17. The molecule has 0 saturated carbocycles. The molecule has 0 aliphatic carbocycles. The molecule has 0 aliphatic rings. The Morgan fingerprint density at radius 1 is 0.522 bits per heavy atom. The lowest BCUT2D eigenvalue weighted by Gasteiger charge is -2.10. The highest BCUT2D eigenvalue weighted by molar-refractivity contribution is 5.97. The quantitative estimate of drug-likeness (QED) is 0.397. The molecule has 0 fully saturated rings. The summed E-state index contributed by atoms with van der Waals surface area (Å²) in [6, 6.07) is 32.5. The van der Waals surface area contributed by atoms with Gasteiger partial charge in [-0.15, -0.1) is 0 Å². The molecular formula is C23H18. The standard InChI is InChI=1S/C23H18/c1-17-8-2-4-13-21(17)19-11-6-12-20(16-19)23-15-7-10-18-9-3-5-14-22(18)23/h2-16H,1H3. The Labute approximate surface area is 137 Å². The van der Waals surface area contributed by atoms with Gasteiger partial charge in [-0.1, -0.05) is 84.9 Å². The lowest BCUT2D eigenvalue weighted by atomic mass is 9.94. The molecule has 0 saturated heterocycles. The van der Waals surface area contributed by atoms with Crippen molar-refractivity contribution in [3.8, 4) is 22.3 Å². The fourth-order valence-corrected chi connectivity index (χ4v) is 3.23. The van der Waals surface area contributed by atoms with E-state index in [9.17, 15) is 0 Å². The topological polar surface area (TPSA) is 0 Å². The highest BCUT2D eigenvalue weighted by Gasteiger charge is 2.06. The summed E-state index contributed by atoms with van der Waals surface area (Å²) in [6.07, 6.45) is 0. The van der Waals surface area contributed by atoms with Crippen LogP contribution < -0.4 is 0 Å². The van der Waals surface area contributed by atoms with Crippen LogP contribution in [0.5, 0.6) is 0 Å². The van der Waals surface area contributed by atoms with Crippen LogP contribution in [0.25, 0.3) is 33.0 Å². The minimum atomic E-state index is 1.27. The Bertz CT molecular complexity index is 974. The van der Waals surface area contributed by atoms with Crippen molar-refractivity contribution in [2.45, 2.75) is 6.92 Å². The van der Waals surface area contributed by atoms with E-state index < -0.39 is 0 Å². The van der Waals surface area contributed by atoms with Gasteiger partial charge >= 0.3 is 0 Å². The first-order valence-electron chi connectivity index (χ1n) is 7.97. The maximum Gasteiger partial charge on any atom is -0.0105 e. The number of benzene rings is 4. The molecule has 4 aromatic rings. The number of hydrogen-bond acceptors (Lipinski definition) is 0. The van der Waals surface area contributed by atoms with Crippen molar-refractivity contribution >= 4 is 10.8 Å². The smallest absolute Gasteiger partial charge is 0.0105 e. The fraction of sp³-hybridized carbons (Fsp3) is 0.0435. The first kappa shape index (κ1) is 13.8. The summed E-state index contributed by atoms with van der Waals surface area (Å²) < 4.78 is 0. The Morgan fingerprint density at radius 3 is 2.00 bits per heavy atom. The van der Waals surface area contributed by atoms with E-state index in [0.717, 1.165) is 0 Å². The van der Waals surface area contributed by atoms with Crippen LogP contribution in [0, 0.1) is 6.92 Å². The van der Waals surface area contributed by atoms with Gasteiger partial charge in [-0.2, -0.15) is 0 Å². The van der Waals surface area contributed by atoms with Crippen molar-refractivity contribution in [3.63, 3.8) is 0 Å². The number of fused-ring (bicyclic) bond motifs is 1. The van der Waals surface area contributed by atoms with Crippen LogP contribution in [0.15, 0.2) is 91.0 Å². The molecule has 4 rings (SSSR count). The van der Waals surface area contributed by atoms with E-state index in [-0.39, 0.29) is 0 Å². The third-order valence-electron chi connectivity index (χ3n) is 4.42. The van der Waals surface area contributed by atoms with Crippen LogP contribution in [-0.4, -0.2) is 0 Å². The van der Waals surface area contributed by atoms with Gasteiger partial charge in [0.15, 0.2) is 0 Å². The molecule has 0 atom stereocenters. The van der Waals surface area contributed by atoms with Gasteiger partial charge in [-0.25, -0.2) is 0 Å². The zero-order valence-corrected chi connectivity index (χ0v) is 13.2. The Morgan fingerprint density at radius 2 is 1.13 bits per heavy atom. The third kappa shape index (κ3) is 2.53. The van der Waals surface area contributed by atoms with Gasteiger partial charge in [-0.05, 0) is 51.6 Å². The zero-order chi connectivity index (χ0) is 15.6. The van der Waals surface area contributed by atoms with Crippen molar-refractivity contribution < 1.29 is 0 Å². The predicted octanol–water partition coefficient (Wildman–Crippen LogP) is 6.48. The molecule has 0 aliphatic heterocycles. The average molecular weight is 294 g/mol. The van der Waals surface area contributed by atoms with E-state index in [1.807, 2.05) is 0 Å². The number of aryl methyl sites for hydroxylation is 1. The minimum Gasteiger partial charge on any atom is -0.0620 e. The van der Waals surface area contributed by atoms with Crippen LogP contribution in [0.2, 0.25) is 0 Å². The van der Waals surface area contributed by atoms with Gasteiger partial charge in [0.1, 0.15) is 0 Å². The molecule has 0 amide bonds. The van der Waals surface area contributed by atoms with Crippen molar-refractivity contribution in [1.82, 2.24) is 0 Å². The van der Waals surface area contributed by atoms with Gasteiger partial charge in [-0.3, -0.25) is 0 Å². The number of rotatable bonds is 2. The van der Waals surface area contributed by atoms with Crippen LogP contribution >= 0.6 is 0 Å². The second kappa shape index (κ2) is 5.73. The molecule has 0 radical (unpaired) electrons. The van der Waals surface area contributed by atoms with Gasteiger partial charge in [0.2, 0.25) is 0 Å². The first-order chi connectivity index (χ1) is 11.3. The third-order valence-corrected chi connectivity index (χ3v) is 4.42. The molecule has 0 heterocycles.